The Morgan fingerprint density at radius 1 is 0.806 bits per heavy atom. The van der Waals surface area contributed by atoms with Crippen molar-refractivity contribution in [3.05, 3.63) is 77.4 Å². The van der Waals surface area contributed by atoms with Gasteiger partial charge in [0, 0.05) is 24.0 Å². The van der Waals surface area contributed by atoms with Crippen molar-refractivity contribution in [1.82, 2.24) is 4.90 Å². The first-order valence-electron chi connectivity index (χ1n) is 13.3. The van der Waals surface area contributed by atoms with E-state index in [-0.39, 0.29) is 0 Å². The van der Waals surface area contributed by atoms with Gasteiger partial charge in [0.15, 0.2) is 0 Å². The van der Waals surface area contributed by atoms with E-state index in [0.29, 0.717) is 5.92 Å². The number of hydrogen-bond donors (Lipinski definition) is 1. The number of methoxy groups -OCH3 is 2. The highest BCUT2D eigenvalue weighted by Crippen LogP contribution is 2.39. The minimum Gasteiger partial charge on any atom is -0.497 e. The molecule has 190 valence electrons. The summed E-state index contributed by atoms with van der Waals surface area (Å²) in [5.41, 5.74) is 6.31. The van der Waals surface area contributed by atoms with Crippen molar-refractivity contribution in [3.8, 4) is 17.2 Å². The van der Waals surface area contributed by atoms with Gasteiger partial charge in [-0.15, -0.1) is 0 Å². The maximum atomic E-state index is 6.02. The molecule has 1 heterocycles. The van der Waals surface area contributed by atoms with Crippen molar-refractivity contribution in [1.29, 1.82) is 0 Å². The number of ether oxygens (including phenoxy) is 3. The maximum Gasteiger partial charge on any atom is 0.120 e. The summed E-state index contributed by atoms with van der Waals surface area (Å²) in [5.74, 6) is 3.18. The van der Waals surface area contributed by atoms with E-state index < -0.39 is 0 Å². The molecule has 2 aliphatic rings. The Bertz CT molecular complexity index is 1140. The Morgan fingerprint density at radius 2 is 1.53 bits per heavy atom. The van der Waals surface area contributed by atoms with Crippen LogP contribution in [0.25, 0.3) is 0 Å². The van der Waals surface area contributed by atoms with Gasteiger partial charge in [-0.25, -0.2) is 0 Å². The van der Waals surface area contributed by atoms with Crippen LogP contribution in [0.15, 0.2) is 60.7 Å². The van der Waals surface area contributed by atoms with E-state index in [0.717, 1.165) is 61.0 Å². The van der Waals surface area contributed by atoms with Gasteiger partial charge in [0.1, 0.15) is 23.9 Å². The number of likely N-dealkylation sites (tertiary alicyclic amines) is 1. The molecule has 0 aromatic heterocycles. The summed E-state index contributed by atoms with van der Waals surface area (Å²) in [4.78, 5) is 2.50. The molecule has 3 aromatic rings. The van der Waals surface area contributed by atoms with Crippen molar-refractivity contribution in [3.63, 3.8) is 0 Å². The number of rotatable bonds is 9. The molecule has 3 aromatic carbocycles. The second-order valence-electron chi connectivity index (χ2n) is 9.93. The van der Waals surface area contributed by atoms with Crippen molar-refractivity contribution >= 4 is 11.4 Å². The van der Waals surface area contributed by atoms with Crippen LogP contribution >= 0.6 is 0 Å². The predicted octanol–water partition coefficient (Wildman–Crippen LogP) is 6.58. The molecule has 1 N–H and O–H groups in total. The monoisotopic (exact) mass is 486 g/mol. The van der Waals surface area contributed by atoms with E-state index in [2.05, 4.69) is 70.9 Å². The smallest absolute Gasteiger partial charge is 0.120 e. The van der Waals surface area contributed by atoms with Gasteiger partial charge in [-0.3, -0.25) is 4.90 Å². The first-order chi connectivity index (χ1) is 17.7. The standard InChI is InChI=1S/C31H38N2O3/c1-34-28-11-8-23-20-25(7-6-24(23)21-28)30-15-14-29(35-2)22-31(30)32-26-9-12-27(13-10-26)36-19-18-33-16-4-3-5-17-33/h8-15,21-22,25,32H,3-7,16-20H2,1-2H3. The lowest BCUT2D eigenvalue weighted by Crippen LogP contribution is -2.33. The zero-order valence-electron chi connectivity index (χ0n) is 21.6. The van der Waals surface area contributed by atoms with E-state index in [1.807, 2.05) is 0 Å². The molecule has 5 heteroatoms. The summed E-state index contributed by atoms with van der Waals surface area (Å²) >= 11 is 0. The van der Waals surface area contributed by atoms with Crippen LogP contribution in [-0.4, -0.2) is 45.4 Å². The highest BCUT2D eigenvalue weighted by Gasteiger charge is 2.23. The fraction of sp³-hybridized carbons (Fsp3) is 0.419. The lowest BCUT2D eigenvalue weighted by Gasteiger charge is -2.27. The molecule has 5 nitrogen and oxygen atoms in total. The summed E-state index contributed by atoms with van der Waals surface area (Å²) in [6.07, 6.45) is 7.20. The van der Waals surface area contributed by atoms with Crippen molar-refractivity contribution in [2.24, 2.45) is 0 Å². The van der Waals surface area contributed by atoms with Crippen LogP contribution in [0.2, 0.25) is 0 Å². The lowest BCUT2D eigenvalue weighted by atomic mass is 9.79. The molecular formula is C31H38N2O3. The molecule has 1 aliphatic heterocycles. The van der Waals surface area contributed by atoms with Crippen LogP contribution in [0.4, 0.5) is 11.4 Å². The largest absolute Gasteiger partial charge is 0.497 e. The van der Waals surface area contributed by atoms with Gasteiger partial charge >= 0.3 is 0 Å². The number of aryl methyl sites for hydroxylation is 1. The lowest BCUT2D eigenvalue weighted by molar-refractivity contribution is 0.183. The van der Waals surface area contributed by atoms with Crippen LogP contribution in [-0.2, 0) is 12.8 Å². The second-order valence-corrected chi connectivity index (χ2v) is 9.93. The first-order valence-corrected chi connectivity index (χ1v) is 13.3. The first kappa shape index (κ1) is 24.5. The van der Waals surface area contributed by atoms with E-state index in [9.17, 15) is 0 Å². The van der Waals surface area contributed by atoms with Crippen molar-refractivity contribution < 1.29 is 14.2 Å². The number of nitrogens with one attached hydrogen (secondary N) is 1. The summed E-state index contributed by atoms with van der Waals surface area (Å²) in [5, 5.41) is 3.66. The zero-order chi connectivity index (χ0) is 24.7. The molecule has 1 atom stereocenters. The molecule has 1 unspecified atom stereocenters. The van der Waals surface area contributed by atoms with Crippen LogP contribution in [0, 0.1) is 0 Å². The maximum absolute atomic E-state index is 6.02. The fourth-order valence-electron chi connectivity index (χ4n) is 5.52. The second kappa shape index (κ2) is 11.7. The molecule has 1 saturated heterocycles. The molecule has 0 spiro atoms. The van der Waals surface area contributed by atoms with Crippen LogP contribution in [0.3, 0.4) is 0 Å². The topological polar surface area (TPSA) is 43.0 Å². The minimum atomic E-state index is 0.455. The van der Waals surface area contributed by atoms with Gasteiger partial charge in [0.25, 0.3) is 0 Å². The number of anilines is 2. The minimum absolute atomic E-state index is 0.455. The van der Waals surface area contributed by atoms with E-state index in [4.69, 9.17) is 14.2 Å². The molecule has 0 saturated carbocycles. The third-order valence-corrected chi connectivity index (χ3v) is 7.60. The fourth-order valence-corrected chi connectivity index (χ4v) is 5.52. The van der Waals surface area contributed by atoms with Gasteiger partial charge in [-0.2, -0.15) is 0 Å². The Labute approximate surface area is 215 Å². The third kappa shape index (κ3) is 5.96. The van der Waals surface area contributed by atoms with Crippen molar-refractivity contribution in [2.45, 2.75) is 44.4 Å². The van der Waals surface area contributed by atoms with Gasteiger partial charge in [-0.1, -0.05) is 18.6 Å². The summed E-state index contributed by atoms with van der Waals surface area (Å²) < 4.78 is 17.0. The average Bonchev–Trinajstić information content (AvgIpc) is 2.94. The predicted molar refractivity (Wildman–Crippen MR) is 146 cm³/mol. The molecule has 1 aliphatic carbocycles. The normalized spacial score (nSPS) is 17.8. The molecule has 5 rings (SSSR count). The van der Waals surface area contributed by atoms with Crippen molar-refractivity contribution in [2.75, 3.05) is 45.8 Å². The van der Waals surface area contributed by atoms with E-state index in [1.54, 1.807) is 14.2 Å². The molecule has 0 bridgehead atoms. The van der Waals surface area contributed by atoms with E-state index >= 15 is 0 Å². The quantitative estimate of drug-likeness (QED) is 0.370. The van der Waals surface area contributed by atoms with Crippen LogP contribution in [0.5, 0.6) is 17.2 Å². The zero-order valence-corrected chi connectivity index (χ0v) is 21.6. The number of piperidine rings is 1. The van der Waals surface area contributed by atoms with Gasteiger partial charge < -0.3 is 19.5 Å². The van der Waals surface area contributed by atoms with Gasteiger partial charge in [0.05, 0.1) is 14.2 Å². The third-order valence-electron chi connectivity index (χ3n) is 7.60. The summed E-state index contributed by atoms with van der Waals surface area (Å²) in [6.45, 7) is 4.15. The Morgan fingerprint density at radius 3 is 2.31 bits per heavy atom. The number of fused-ring (bicyclic) bond motifs is 1. The van der Waals surface area contributed by atoms with Gasteiger partial charge in [0.2, 0.25) is 0 Å². The van der Waals surface area contributed by atoms with Crippen LogP contribution in [0.1, 0.15) is 48.3 Å². The van der Waals surface area contributed by atoms with Gasteiger partial charge in [-0.05, 0) is 110 Å². The highest BCUT2D eigenvalue weighted by molar-refractivity contribution is 5.66. The molecule has 1 fully saturated rings. The molecule has 0 radical (unpaired) electrons. The number of hydrogen-bond acceptors (Lipinski definition) is 5. The molecular weight excluding hydrogens is 448 g/mol. The summed E-state index contributed by atoms with van der Waals surface area (Å²) in [7, 11) is 3.45. The van der Waals surface area contributed by atoms with Crippen LogP contribution < -0.4 is 19.5 Å². The Balaban J connectivity index is 1.26. The van der Waals surface area contributed by atoms with E-state index in [1.165, 1.54) is 49.0 Å². The Hall–Kier alpha value is -3.18. The molecule has 36 heavy (non-hydrogen) atoms. The highest BCUT2D eigenvalue weighted by atomic mass is 16.5. The Kier molecular flexibility index (Phi) is 7.97. The summed E-state index contributed by atoms with van der Waals surface area (Å²) in [6, 6.07) is 21.2. The SMILES string of the molecule is COc1ccc2c(c1)CCC(c1ccc(OC)cc1Nc1ccc(OCCN3CCCCC3)cc1)C2. The molecule has 0 amide bonds. The number of nitrogens with zero attached hydrogens (tertiary/aromatic N) is 1. The number of benzene rings is 3. The average molecular weight is 487 g/mol.